The molecule has 7 nitrogen and oxygen atoms in total. The number of halogens is 1. The van der Waals surface area contributed by atoms with Crippen LogP contribution in [-0.4, -0.2) is 44.4 Å². The zero-order chi connectivity index (χ0) is 21.1. The molecule has 8 heteroatoms. The number of nitrogens with zero attached hydrogens (tertiary/aromatic N) is 4. The van der Waals surface area contributed by atoms with Gasteiger partial charge in [-0.3, -0.25) is 14.6 Å². The first-order valence-corrected chi connectivity index (χ1v) is 9.83. The molecule has 154 valence electrons. The van der Waals surface area contributed by atoms with Crippen molar-refractivity contribution in [1.29, 1.82) is 0 Å². The van der Waals surface area contributed by atoms with Crippen molar-refractivity contribution in [3.63, 3.8) is 0 Å². The molecule has 1 aliphatic rings. The highest BCUT2D eigenvalue weighted by Crippen LogP contribution is 2.25. The molecular weight excluding hydrogens is 385 g/mol. The van der Waals surface area contributed by atoms with Gasteiger partial charge >= 0.3 is 0 Å². The summed E-state index contributed by atoms with van der Waals surface area (Å²) in [5.74, 6) is -0.621. The molecule has 0 bridgehead atoms. The molecule has 0 spiro atoms. The zero-order valence-electron chi connectivity index (χ0n) is 16.4. The summed E-state index contributed by atoms with van der Waals surface area (Å²) in [5, 5.41) is 4.20. The number of anilines is 1. The van der Waals surface area contributed by atoms with Crippen LogP contribution in [0.25, 0.3) is 5.69 Å². The molecule has 1 aliphatic heterocycles. The summed E-state index contributed by atoms with van der Waals surface area (Å²) in [5.41, 5.74) is 7.92. The fourth-order valence-corrected chi connectivity index (χ4v) is 3.76. The van der Waals surface area contributed by atoms with E-state index in [0.717, 1.165) is 12.0 Å². The number of piperidine rings is 1. The third-order valence-corrected chi connectivity index (χ3v) is 5.37. The minimum atomic E-state index is -0.362. The number of benzene rings is 1. The van der Waals surface area contributed by atoms with Gasteiger partial charge in [-0.25, -0.2) is 9.07 Å². The van der Waals surface area contributed by atoms with Crippen molar-refractivity contribution in [2.75, 3.05) is 18.8 Å². The molecule has 1 amide bonds. The molecule has 1 fully saturated rings. The smallest absolute Gasteiger partial charge is 0.227 e. The lowest BCUT2D eigenvalue weighted by molar-refractivity contribution is -0.131. The first kappa shape index (κ1) is 19.8. The SMILES string of the molecule is Nc1c(C(=O)[C@@H]2CCCN(C(=O)Cc3cccnc3)C2)cnn1-c1ccc(F)cc1. The summed E-state index contributed by atoms with van der Waals surface area (Å²) in [7, 11) is 0. The Morgan fingerprint density at radius 2 is 1.97 bits per heavy atom. The van der Waals surface area contributed by atoms with E-state index in [9.17, 15) is 14.0 Å². The van der Waals surface area contributed by atoms with Crippen LogP contribution in [0, 0.1) is 11.7 Å². The fourth-order valence-electron chi connectivity index (χ4n) is 3.76. The number of carbonyl (C=O) groups is 2. The highest BCUT2D eigenvalue weighted by Gasteiger charge is 2.31. The highest BCUT2D eigenvalue weighted by atomic mass is 19.1. The number of pyridine rings is 1. The largest absolute Gasteiger partial charge is 0.383 e. The van der Waals surface area contributed by atoms with E-state index in [1.165, 1.54) is 23.0 Å². The molecule has 3 heterocycles. The third-order valence-electron chi connectivity index (χ3n) is 5.37. The number of carbonyl (C=O) groups excluding carboxylic acids is 2. The quantitative estimate of drug-likeness (QED) is 0.656. The maximum absolute atomic E-state index is 13.2. The van der Waals surface area contributed by atoms with E-state index in [4.69, 9.17) is 5.73 Å². The molecule has 2 aromatic heterocycles. The zero-order valence-corrected chi connectivity index (χ0v) is 16.4. The van der Waals surface area contributed by atoms with Gasteiger partial charge in [0.25, 0.3) is 0 Å². The molecular formula is C22H22FN5O2. The molecule has 3 aromatic rings. The second-order valence-corrected chi connectivity index (χ2v) is 7.41. The Morgan fingerprint density at radius 1 is 1.17 bits per heavy atom. The number of nitrogen functional groups attached to an aromatic ring is 1. The maximum Gasteiger partial charge on any atom is 0.227 e. The average molecular weight is 407 g/mol. The Kier molecular flexibility index (Phi) is 5.56. The summed E-state index contributed by atoms with van der Waals surface area (Å²) in [4.78, 5) is 31.5. The Bertz CT molecular complexity index is 1050. The molecule has 1 saturated heterocycles. The van der Waals surface area contributed by atoms with Crippen LogP contribution < -0.4 is 5.73 Å². The fraction of sp³-hybridized carbons (Fsp3) is 0.273. The lowest BCUT2D eigenvalue weighted by Gasteiger charge is -2.32. The number of aromatic nitrogens is 3. The predicted octanol–water partition coefficient (Wildman–Crippen LogP) is 2.65. The van der Waals surface area contributed by atoms with Gasteiger partial charge in [0.1, 0.15) is 11.6 Å². The average Bonchev–Trinajstić information content (AvgIpc) is 3.16. The summed E-state index contributed by atoms with van der Waals surface area (Å²) in [6, 6.07) is 9.38. The first-order chi connectivity index (χ1) is 14.5. The Morgan fingerprint density at radius 3 is 2.70 bits per heavy atom. The number of hydrogen-bond donors (Lipinski definition) is 1. The lowest BCUT2D eigenvalue weighted by Crippen LogP contribution is -2.43. The summed E-state index contributed by atoms with van der Waals surface area (Å²) < 4.78 is 14.6. The van der Waals surface area contributed by atoms with Crippen LogP contribution in [0.1, 0.15) is 28.8 Å². The van der Waals surface area contributed by atoms with Gasteiger partial charge in [0.15, 0.2) is 5.78 Å². The van der Waals surface area contributed by atoms with Crippen molar-refractivity contribution in [2.24, 2.45) is 5.92 Å². The van der Waals surface area contributed by atoms with Crippen LogP contribution in [0.5, 0.6) is 0 Å². The standard InChI is InChI=1S/C22H22FN5O2/c23-17-5-7-18(8-6-17)28-22(24)19(13-26-28)21(30)16-4-2-10-27(14-16)20(29)11-15-3-1-9-25-12-15/h1,3,5-9,12-13,16H,2,4,10-11,14,24H2/t16-/m1/s1. The lowest BCUT2D eigenvalue weighted by atomic mass is 9.90. The molecule has 0 unspecified atom stereocenters. The monoisotopic (exact) mass is 407 g/mol. The normalized spacial score (nSPS) is 16.4. The molecule has 30 heavy (non-hydrogen) atoms. The van der Waals surface area contributed by atoms with Crippen molar-refractivity contribution < 1.29 is 14.0 Å². The van der Waals surface area contributed by atoms with Crippen molar-refractivity contribution in [3.8, 4) is 5.69 Å². The van der Waals surface area contributed by atoms with E-state index in [1.54, 1.807) is 35.5 Å². The van der Waals surface area contributed by atoms with Gasteiger partial charge < -0.3 is 10.6 Å². The van der Waals surface area contributed by atoms with Crippen LogP contribution in [0.3, 0.4) is 0 Å². The summed E-state index contributed by atoms with van der Waals surface area (Å²) in [6.07, 6.45) is 6.49. The molecule has 0 saturated carbocycles. The van der Waals surface area contributed by atoms with Gasteiger partial charge in [0, 0.05) is 31.4 Å². The second-order valence-electron chi connectivity index (χ2n) is 7.41. The number of rotatable bonds is 5. The molecule has 4 rings (SSSR count). The number of hydrogen-bond acceptors (Lipinski definition) is 5. The van der Waals surface area contributed by atoms with Crippen LogP contribution in [0.4, 0.5) is 10.2 Å². The van der Waals surface area contributed by atoms with Crippen molar-refractivity contribution in [2.45, 2.75) is 19.3 Å². The highest BCUT2D eigenvalue weighted by molar-refractivity contribution is 6.02. The predicted molar refractivity (Wildman–Crippen MR) is 110 cm³/mol. The van der Waals surface area contributed by atoms with Gasteiger partial charge in [-0.05, 0) is 48.7 Å². The number of ketones is 1. The number of amides is 1. The number of likely N-dealkylation sites (tertiary alicyclic amines) is 1. The van der Waals surface area contributed by atoms with E-state index in [2.05, 4.69) is 10.1 Å². The van der Waals surface area contributed by atoms with Crippen LogP contribution in [-0.2, 0) is 11.2 Å². The van der Waals surface area contributed by atoms with Crippen molar-refractivity contribution >= 4 is 17.5 Å². The molecule has 1 atom stereocenters. The minimum Gasteiger partial charge on any atom is -0.383 e. The number of Topliss-reactive ketones (excluding diaryl/α,β-unsaturated/α-hetero) is 1. The van der Waals surface area contributed by atoms with Crippen LogP contribution in [0.2, 0.25) is 0 Å². The second kappa shape index (κ2) is 8.44. The van der Waals surface area contributed by atoms with E-state index in [0.29, 0.717) is 30.8 Å². The summed E-state index contributed by atoms with van der Waals surface area (Å²) >= 11 is 0. The number of nitrogens with two attached hydrogens (primary N) is 1. The van der Waals surface area contributed by atoms with Gasteiger partial charge in [0.2, 0.25) is 5.91 Å². The van der Waals surface area contributed by atoms with E-state index in [1.807, 2.05) is 6.07 Å². The van der Waals surface area contributed by atoms with Gasteiger partial charge in [-0.15, -0.1) is 0 Å². The molecule has 0 radical (unpaired) electrons. The Labute approximate surface area is 173 Å². The molecule has 1 aromatic carbocycles. The third kappa shape index (κ3) is 4.07. The first-order valence-electron chi connectivity index (χ1n) is 9.83. The van der Waals surface area contributed by atoms with Crippen molar-refractivity contribution in [3.05, 3.63) is 71.9 Å². The topological polar surface area (TPSA) is 94.1 Å². The minimum absolute atomic E-state index is 0.0181. The van der Waals surface area contributed by atoms with Gasteiger partial charge in [-0.2, -0.15) is 5.10 Å². The maximum atomic E-state index is 13.2. The van der Waals surface area contributed by atoms with Gasteiger partial charge in [-0.1, -0.05) is 6.07 Å². The van der Waals surface area contributed by atoms with Crippen LogP contribution in [0.15, 0.2) is 55.0 Å². The van der Waals surface area contributed by atoms with E-state index >= 15 is 0 Å². The van der Waals surface area contributed by atoms with E-state index < -0.39 is 0 Å². The van der Waals surface area contributed by atoms with Crippen molar-refractivity contribution in [1.82, 2.24) is 19.7 Å². The van der Waals surface area contributed by atoms with Crippen LogP contribution >= 0.6 is 0 Å². The Balaban J connectivity index is 1.47. The Hall–Kier alpha value is -3.55. The van der Waals surface area contributed by atoms with Gasteiger partial charge in [0.05, 0.1) is 23.9 Å². The summed E-state index contributed by atoms with van der Waals surface area (Å²) in [6.45, 7) is 0.992. The molecule has 0 aliphatic carbocycles. The molecule has 2 N–H and O–H groups in total. The van der Waals surface area contributed by atoms with E-state index in [-0.39, 0.29) is 35.7 Å².